The maximum absolute atomic E-state index is 12.1. The largest absolute Gasteiger partial charge is 0.477 e. The van der Waals surface area contributed by atoms with Crippen LogP contribution in [-0.4, -0.2) is 29.9 Å². The zero-order chi connectivity index (χ0) is 22.8. The van der Waals surface area contributed by atoms with E-state index < -0.39 is 5.97 Å². The van der Waals surface area contributed by atoms with Crippen molar-refractivity contribution in [2.75, 3.05) is 18.0 Å². The Labute approximate surface area is 195 Å². The highest BCUT2D eigenvalue weighted by Gasteiger charge is 2.33. The first-order valence-corrected chi connectivity index (χ1v) is 12.0. The second-order valence-electron chi connectivity index (χ2n) is 9.13. The van der Waals surface area contributed by atoms with Gasteiger partial charge in [-0.2, -0.15) is 0 Å². The minimum absolute atomic E-state index is 0.143. The first-order valence-electron chi connectivity index (χ1n) is 12.0. The smallest absolute Gasteiger partial charge is 0.350 e. The normalized spacial score (nSPS) is 16.8. The fraction of sp³-hybridized carbons (Fsp3) is 0.310. The van der Waals surface area contributed by atoms with E-state index in [1.807, 2.05) is 18.2 Å². The molecule has 2 heterocycles. The highest BCUT2D eigenvalue weighted by atomic mass is 16.4. The molecule has 0 aliphatic carbocycles. The van der Waals surface area contributed by atoms with Gasteiger partial charge in [-0.05, 0) is 60.9 Å². The van der Waals surface area contributed by atoms with Crippen molar-refractivity contribution in [1.29, 1.82) is 0 Å². The number of para-hydroxylation sites is 2. The van der Waals surface area contributed by atoms with Crippen LogP contribution in [0.1, 0.15) is 48.3 Å². The third-order valence-electron chi connectivity index (χ3n) is 7.04. The van der Waals surface area contributed by atoms with E-state index in [4.69, 9.17) is 0 Å². The van der Waals surface area contributed by atoms with Gasteiger partial charge >= 0.3 is 5.97 Å². The highest BCUT2D eigenvalue weighted by Crippen LogP contribution is 2.45. The number of benzene rings is 3. The minimum atomic E-state index is -0.906. The lowest BCUT2D eigenvalue weighted by molar-refractivity contribution is -0.129. The predicted octanol–water partition coefficient (Wildman–Crippen LogP) is 6.54. The Morgan fingerprint density at radius 1 is 1.00 bits per heavy atom. The highest BCUT2D eigenvalue weighted by molar-refractivity contribution is 6.40. The Balaban J connectivity index is 1.32. The van der Waals surface area contributed by atoms with Gasteiger partial charge in [0.05, 0.1) is 5.69 Å². The molecule has 5 rings (SSSR count). The first kappa shape index (κ1) is 21.4. The molecule has 3 aromatic rings. The van der Waals surface area contributed by atoms with Crippen molar-refractivity contribution >= 4 is 23.1 Å². The van der Waals surface area contributed by atoms with E-state index in [1.54, 1.807) is 0 Å². The van der Waals surface area contributed by atoms with E-state index >= 15 is 0 Å². The van der Waals surface area contributed by atoms with Crippen LogP contribution >= 0.6 is 0 Å². The molecule has 1 unspecified atom stereocenters. The topological polar surface area (TPSA) is 52.9 Å². The molecule has 1 N–H and O–H groups in total. The average molecular weight is 439 g/mol. The predicted molar refractivity (Wildman–Crippen MR) is 135 cm³/mol. The van der Waals surface area contributed by atoms with Crippen molar-refractivity contribution in [2.24, 2.45) is 4.99 Å². The molecule has 1 atom stereocenters. The zero-order valence-corrected chi connectivity index (χ0v) is 19.1. The van der Waals surface area contributed by atoms with Crippen molar-refractivity contribution in [1.82, 2.24) is 0 Å². The molecule has 0 saturated carbocycles. The molecular formula is C29H30N2O2. The van der Waals surface area contributed by atoms with Gasteiger partial charge in [-0.25, -0.2) is 9.79 Å². The van der Waals surface area contributed by atoms with Crippen LogP contribution in [-0.2, 0) is 11.2 Å². The number of aliphatic carboxylic acids is 1. The number of carbonyl (C=O) groups is 1. The Bertz CT molecular complexity index is 1210. The van der Waals surface area contributed by atoms with E-state index in [0.717, 1.165) is 61.2 Å². The number of hydrogen-bond acceptors (Lipinski definition) is 3. The molecule has 168 valence electrons. The number of fused-ring (bicyclic) bond motifs is 2. The van der Waals surface area contributed by atoms with E-state index in [2.05, 4.69) is 65.3 Å². The molecule has 0 fully saturated rings. The molecule has 0 spiro atoms. The van der Waals surface area contributed by atoms with Gasteiger partial charge in [0.15, 0.2) is 0 Å². The molecule has 4 nitrogen and oxygen atoms in total. The number of nitrogens with zero attached hydrogens (tertiary/aromatic N) is 2. The van der Waals surface area contributed by atoms with Gasteiger partial charge in [0, 0.05) is 30.3 Å². The summed E-state index contributed by atoms with van der Waals surface area (Å²) in [6, 6.07) is 23.1. The second kappa shape index (κ2) is 9.22. The molecule has 2 aliphatic rings. The number of rotatable bonds is 7. The third kappa shape index (κ3) is 4.18. The van der Waals surface area contributed by atoms with Crippen LogP contribution < -0.4 is 4.90 Å². The lowest BCUT2D eigenvalue weighted by Crippen LogP contribution is -2.30. The summed E-state index contributed by atoms with van der Waals surface area (Å²) in [6.45, 7) is 4.20. The molecule has 3 aromatic carbocycles. The quantitative estimate of drug-likeness (QED) is 0.426. The fourth-order valence-corrected chi connectivity index (χ4v) is 5.39. The van der Waals surface area contributed by atoms with Crippen LogP contribution in [0.25, 0.3) is 11.1 Å². The second-order valence-corrected chi connectivity index (χ2v) is 9.13. The van der Waals surface area contributed by atoms with E-state index in [0.29, 0.717) is 0 Å². The molecule has 33 heavy (non-hydrogen) atoms. The molecule has 0 amide bonds. The molecule has 0 bridgehead atoms. The van der Waals surface area contributed by atoms with Crippen molar-refractivity contribution in [3.05, 3.63) is 83.4 Å². The van der Waals surface area contributed by atoms with Crippen LogP contribution in [0.2, 0.25) is 0 Å². The van der Waals surface area contributed by atoms with Gasteiger partial charge in [0.2, 0.25) is 0 Å². The van der Waals surface area contributed by atoms with Crippen LogP contribution in [0.15, 0.2) is 71.7 Å². The molecule has 0 saturated heterocycles. The summed E-state index contributed by atoms with van der Waals surface area (Å²) in [6.07, 6.45) is 5.19. The number of aliphatic imine (C=N–C) groups is 1. The van der Waals surface area contributed by atoms with E-state index in [-0.39, 0.29) is 11.6 Å². The third-order valence-corrected chi connectivity index (χ3v) is 7.04. The summed E-state index contributed by atoms with van der Waals surface area (Å²) in [7, 11) is 0. The Kier molecular flexibility index (Phi) is 5.99. The van der Waals surface area contributed by atoms with Crippen molar-refractivity contribution in [3.63, 3.8) is 0 Å². The van der Waals surface area contributed by atoms with E-state index in [1.165, 1.54) is 23.2 Å². The lowest BCUT2D eigenvalue weighted by atomic mass is 9.88. The number of unbranched alkanes of at least 4 members (excludes halogenated alkanes) is 1. The lowest BCUT2D eigenvalue weighted by Gasteiger charge is -2.31. The SMILES string of the molecule is Cc1ccccc1-c1cccc2c1N=C(C(=O)O)C2CCCCN1CCCc2ccccc21. The summed E-state index contributed by atoms with van der Waals surface area (Å²) < 4.78 is 0. The fourth-order valence-electron chi connectivity index (χ4n) is 5.39. The number of hydrogen-bond donors (Lipinski definition) is 1. The van der Waals surface area contributed by atoms with Crippen LogP contribution in [0.3, 0.4) is 0 Å². The van der Waals surface area contributed by atoms with Gasteiger partial charge < -0.3 is 10.0 Å². The van der Waals surface area contributed by atoms with Crippen LogP contribution in [0.4, 0.5) is 11.4 Å². The van der Waals surface area contributed by atoms with E-state index in [9.17, 15) is 9.90 Å². The molecule has 0 radical (unpaired) electrons. The summed E-state index contributed by atoms with van der Waals surface area (Å²) in [5.41, 5.74) is 8.29. The summed E-state index contributed by atoms with van der Waals surface area (Å²) in [5.74, 6) is -1.05. The zero-order valence-electron chi connectivity index (χ0n) is 19.1. The number of aryl methyl sites for hydroxylation is 2. The Morgan fingerprint density at radius 2 is 1.79 bits per heavy atom. The molecular weight excluding hydrogens is 408 g/mol. The van der Waals surface area contributed by atoms with Gasteiger partial charge in [-0.15, -0.1) is 0 Å². The Hall–Kier alpha value is -3.40. The first-order chi connectivity index (χ1) is 16.1. The minimum Gasteiger partial charge on any atom is -0.477 e. The standard InChI is InChI=1S/C29H30N2O2/c1-20-10-2-4-13-22(20)23-15-8-16-24-25(28(29(32)33)30-27(23)24)14-6-7-18-31-19-9-12-21-11-3-5-17-26(21)31/h2-5,8,10-11,13,15-17,25H,6-7,9,12,14,18-19H2,1H3,(H,32,33). The molecule has 0 aromatic heterocycles. The van der Waals surface area contributed by atoms with Crippen molar-refractivity contribution in [2.45, 2.75) is 44.9 Å². The van der Waals surface area contributed by atoms with Gasteiger partial charge in [-0.1, -0.05) is 67.1 Å². The molecule has 2 aliphatic heterocycles. The average Bonchev–Trinajstić information content (AvgIpc) is 3.21. The van der Waals surface area contributed by atoms with Crippen LogP contribution in [0.5, 0.6) is 0 Å². The van der Waals surface area contributed by atoms with Crippen LogP contribution in [0, 0.1) is 6.92 Å². The van der Waals surface area contributed by atoms with Gasteiger partial charge in [0.25, 0.3) is 0 Å². The van der Waals surface area contributed by atoms with Gasteiger partial charge in [0.1, 0.15) is 5.71 Å². The monoisotopic (exact) mass is 438 g/mol. The van der Waals surface area contributed by atoms with Gasteiger partial charge in [-0.3, -0.25) is 0 Å². The summed E-state index contributed by atoms with van der Waals surface area (Å²) in [4.78, 5) is 19.2. The maximum atomic E-state index is 12.1. The number of anilines is 1. The van der Waals surface area contributed by atoms with Crippen molar-refractivity contribution < 1.29 is 9.90 Å². The number of carboxylic acids is 1. The maximum Gasteiger partial charge on any atom is 0.350 e. The number of carboxylic acid groups (broad SMARTS) is 1. The van der Waals surface area contributed by atoms with Crippen molar-refractivity contribution in [3.8, 4) is 11.1 Å². The summed E-state index contributed by atoms with van der Waals surface area (Å²) in [5, 5.41) is 9.90. The Morgan fingerprint density at radius 3 is 2.64 bits per heavy atom. The summed E-state index contributed by atoms with van der Waals surface area (Å²) >= 11 is 0. The molecule has 4 heteroatoms.